The number of aliphatic carboxylic acids is 1. The summed E-state index contributed by atoms with van der Waals surface area (Å²) in [6.45, 7) is 5.33. The molecule has 1 aromatic rings. The van der Waals surface area contributed by atoms with Crippen molar-refractivity contribution in [2.24, 2.45) is 0 Å². The zero-order valence-electron chi connectivity index (χ0n) is 12.1. The molecule has 0 radical (unpaired) electrons. The van der Waals surface area contributed by atoms with Crippen molar-refractivity contribution in [3.63, 3.8) is 0 Å². The molecule has 0 aliphatic heterocycles. The number of carboxylic acid groups (broad SMARTS) is 1. The maximum absolute atomic E-state index is 11.1. The summed E-state index contributed by atoms with van der Waals surface area (Å²) in [5, 5.41) is 20.2. The second kappa shape index (κ2) is 6.42. The second-order valence-corrected chi connectivity index (χ2v) is 4.80. The van der Waals surface area contributed by atoms with E-state index in [9.17, 15) is 14.9 Å². The number of nitro groups is 1. The highest BCUT2D eigenvalue weighted by Gasteiger charge is 2.24. The van der Waals surface area contributed by atoms with Crippen LogP contribution in [0.2, 0.25) is 0 Å². The molecule has 0 aliphatic rings. The third-order valence-corrected chi connectivity index (χ3v) is 3.36. The molecule has 7 heteroatoms. The molecule has 20 heavy (non-hydrogen) atoms. The van der Waals surface area contributed by atoms with Gasteiger partial charge in [-0.2, -0.15) is 0 Å². The Balaban J connectivity index is 3.07. The van der Waals surface area contributed by atoms with Crippen molar-refractivity contribution in [3.8, 4) is 0 Å². The van der Waals surface area contributed by atoms with E-state index >= 15 is 0 Å². The summed E-state index contributed by atoms with van der Waals surface area (Å²) >= 11 is 0. The summed E-state index contributed by atoms with van der Waals surface area (Å²) < 4.78 is 0. The first-order valence-corrected chi connectivity index (χ1v) is 6.32. The van der Waals surface area contributed by atoms with E-state index in [0.717, 1.165) is 0 Å². The van der Waals surface area contributed by atoms with Gasteiger partial charge in [0.05, 0.1) is 10.6 Å². The fourth-order valence-corrected chi connectivity index (χ4v) is 2.23. The number of carbonyl (C=O) groups is 1. The summed E-state index contributed by atoms with van der Waals surface area (Å²) in [7, 11) is 1.68. The summed E-state index contributed by atoms with van der Waals surface area (Å²) in [5.41, 5.74) is 1.57. The highest BCUT2D eigenvalue weighted by molar-refractivity contribution is 5.73. The second-order valence-electron chi connectivity index (χ2n) is 4.80. The maximum atomic E-state index is 11.1. The molecular formula is C13H19N3O4. The van der Waals surface area contributed by atoms with Crippen molar-refractivity contribution in [3.05, 3.63) is 33.1 Å². The van der Waals surface area contributed by atoms with Crippen LogP contribution in [0.4, 0.5) is 5.69 Å². The van der Waals surface area contributed by atoms with Crippen LogP contribution in [0, 0.1) is 24.0 Å². The van der Waals surface area contributed by atoms with Crippen molar-refractivity contribution < 1.29 is 14.8 Å². The molecule has 0 fully saturated rings. The van der Waals surface area contributed by atoms with Crippen LogP contribution in [0.25, 0.3) is 0 Å². The van der Waals surface area contributed by atoms with Crippen LogP contribution in [-0.4, -0.2) is 39.0 Å². The molecule has 1 aromatic heterocycles. The predicted octanol–water partition coefficient (Wildman–Crippen LogP) is 1.90. The molecule has 1 N–H and O–H groups in total. The highest BCUT2D eigenvalue weighted by Crippen LogP contribution is 2.25. The molecule has 0 bridgehead atoms. The van der Waals surface area contributed by atoms with E-state index < -0.39 is 16.9 Å². The molecule has 1 rings (SSSR count). The van der Waals surface area contributed by atoms with E-state index in [2.05, 4.69) is 4.98 Å². The summed E-state index contributed by atoms with van der Waals surface area (Å²) in [6.07, 6.45) is 1.91. The van der Waals surface area contributed by atoms with E-state index in [0.29, 0.717) is 23.2 Å². The van der Waals surface area contributed by atoms with Crippen LogP contribution in [0.5, 0.6) is 0 Å². The number of nitrogens with zero attached hydrogens (tertiary/aromatic N) is 3. The topological polar surface area (TPSA) is 96.6 Å². The van der Waals surface area contributed by atoms with E-state index in [4.69, 9.17) is 5.11 Å². The number of rotatable bonds is 6. The number of pyridine rings is 1. The normalized spacial score (nSPS) is 12.4. The molecule has 1 atom stereocenters. The number of hydrogen-bond acceptors (Lipinski definition) is 5. The lowest BCUT2D eigenvalue weighted by Crippen LogP contribution is -2.37. The molecule has 0 saturated carbocycles. The Morgan fingerprint density at radius 1 is 1.55 bits per heavy atom. The zero-order chi connectivity index (χ0) is 15.4. The molecule has 0 amide bonds. The van der Waals surface area contributed by atoms with Crippen LogP contribution < -0.4 is 0 Å². The van der Waals surface area contributed by atoms with Gasteiger partial charge in [0.1, 0.15) is 6.04 Å². The average molecular weight is 281 g/mol. The maximum Gasteiger partial charge on any atom is 0.320 e. The zero-order valence-corrected chi connectivity index (χ0v) is 12.1. The van der Waals surface area contributed by atoms with Crippen LogP contribution in [0.3, 0.4) is 0 Å². The first-order valence-electron chi connectivity index (χ1n) is 6.32. The fraction of sp³-hybridized carbons (Fsp3) is 0.538. The summed E-state index contributed by atoms with van der Waals surface area (Å²) in [6, 6.07) is -0.628. The number of aryl methyl sites for hydroxylation is 1. The third-order valence-electron chi connectivity index (χ3n) is 3.36. The lowest BCUT2D eigenvalue weighted by molar-refractivity contribution is -0.386. The van der Waals surface area contributed by atoms with Crippen molar-refractivity contribution >= 4 is 11.7 Å². The first kappa shape index (κ1) is 16.0. The Kier molecular flexibility index (Phi) is 5.15. The smallest absolute Gasteiger partial charge is 0.320 e. The highest BCUT2D eigenvalue weighted by atomic mass is 16.6. The van der Waals surface area contributed by atoms with Gasteiger partial charge in [-0.05, 0) is 27.3 Å². The van der Waals surface area contributed by atoms with E-state index in [1.54, 1.807) is 32.7 Å². The van der Waals surface area contributed by atoms with Crippen LogP contribution in [0.15, 0.2) is 6.20 Å². The summed E-state index contributed by atoms with van der Waals surface area (Å²) in [4.78, 5) is 27.6. The molecule has 0 aromatic carbocycles. The van der Waals surface area contributed by atoms with Gasteiger partial charge < -0.3 is 5.11 Å². The minimum atomic E-state index is -0.908. The van der Waals surface area contributed by atoms with Gasteiger partial charge in [-0.1, -0.05) is 6.92 Å². The number of carboxylic acids is 1. The summed E-state index contributed by atoms with van der Waals surface area (Å²) in [5.74, 6) is -0.908. The van der Waals surface area contributed by atoms with Crippen molar-refractivity contribution in [2.75, 3.05) is 7.05 Å². The minimum absolute atomic E-state index is 0.0479. The Morgan fingerprint density at radius 3 is 2.60 bits per heavy atom. The number of aromatic nitrogens is 1. The molecule has 0 saturated heterocycles. The van der Waals surface area contributed by atoms with Gasteiger partial charge in [0.25, 0.3) is 5.69 Å². The Hall–Kier alpha value is -2.02. The largest absolute Gasteiger partial charge is 0.480 e. The predicted molar refractivity (Wildman–Crippen MR) is 73.5 cm³/mol. The fourth-order valence-electron chi connectivity index (χ4n) is 2.23. The van der Waals surface area contributed by atoms with E-state index in [-0.39, 0.29) is 12.2 Å². The van der Waals surface area contributed by atoms with Gasteiger partial charge in [-0.15, -0.1) is 0 Å². The van der Waals surface area contributed by atoms with Gasteiger partial charge in [0.15, 0.2) is 0 Å². The van der Waals surface area contributed by atoms with Crippen LogP contribution >= 0.6 is 0 Å². The van der Waals surface area contributed by atoms with Gasteiger partial charge in [-0.25, -0.2) is 0 Å². The molecule has 0 aliphatic carbocycles. The van der Waals surface area contributed by atoms with Crippen molar-refractivity contribution in [1.29, 1.82) is 0 Å². The van der Waals surface area contributed by atoms with Crippen molar-refractivity contribution in [2.45, 2.75) is 39.8 Å². The van der Waals surface area contributed by atoms with Crippen LogP contribution in [-0.2, 0) is 11.3 Å². The lowest BCUT2D eigenvalue weighted by atomic mass is 10.1. The molecule has 0 spiro atoms. The molecule has 1 heterocycles. The quantitative estimate of drug-likeness (QED) is 0.632. The van der Waals surface area contributed by atoms with Gasteiger partial charge in [0, 0.05) is 23.9 Å². The van der Waals surface area contributed by atoms with Crippen molar-refractivity contribution in [1.82, 2.24) is 9.88 Å². The lowest BCUT2D eigenvalue weighted by Gasteiger charge is -2.23. The van der Waals surface area contributed by atoms with Crippen LogP contribution in [0.1, 0.15) is 30.2 Å². The van der Waals surface area contributed by atoms with Gasteiger partial charge in [0.2, 0.25) is 0 Å². The first-order chi connectivity index (χ1) is 9.29. The molecule has 110 valence electrons. The monoisotopic (exact) mass is 281 g/mol. The van der Waals surface area contributed by atoms with E-state index in [1.807, 2.05) is 0 Å². The standard InChI is InChI=1S/C13H19N3O4/c1-5-11(13(17)18)15(4)7-10-9(3)12(16(19)20)8(2)6-14-10/h6,11H,5,7H2,1-4H3,(H,17,18). The van der Waals surface area contributed by atoms with Gasteiger partial charge in [-0.3, -0.25) is 24.8 Å². The number of hydrogen-bond donors (Lipinski definition) is 1. The Bertz CT molecular complexity index is 531. The Labute approximate surface area is 117 Å². The van der Waals surface area contributed by atoms with Gasteiger partial charge >= 0.3 is 5.97 Å². The molecule has 1 unspecified atom stereocenters. The minimum Gasteiger partial charge on any atom is -0.480 e. The molecule has 7 nitrogen and oxygen atoms in total. The number of likely N-dealkylation sites (N-methyl/N-ethyl adjacent to an activating group) is 1. The third kappa shape index (κ3) is 3.30. The molecular weight excluding hydrogens is 262 g/mol. The SMILES string of the molecule is CCC(C(=O)O)N(C)Cc1ncc(C)c([N+](=O)[O-])c1C. The Morgan fingerprint density at radius 2 is 2.15 bits per heavy atom. The van der Waals surface area contributed by atoms with E-state index in [1.165, 1.54) is 6.20 Å². The average Bonchev–Trinajstić information content (AvgIpc) is 2.32.